The van der Waals surface area contributed by atoms with Gasteiger partial charge in [0, 0.05) is 21.7 Å². The Morgan fingerprint density at radius 2 is 1.87 bits per heavy atom. The Morgan fingerprint density at radius 3 is 2.57 bits per heavy atom. The van der Waals surface area contributed by atoms with Crippen molar-refractivity contribution in [1.82, 2.24) is 9.96 Å². The van der Waals surface area contributed by atoms with Crippen LogP contribution < -0.4 is 5.73 Å². The maximum absolute atomic E-state index is 11.9. The number of hydroxylamine groups is 2. The number of primary amides is 1. The minimum atomic E-state index is -1.27. The number of hydrogen-bond donors (Lipinski definition) is 2. The lowest BCUT2D eigenvalue weighted by Crippen LogP contribution is -2.36. The van der Waals surface area contributed by atoms with Gasteiger partial charge in [-0.1, -0.05) is 48.9 Å². The molecule has 158 valence electrons. The van der Waals surface area contributed by atoms with Crippen LogP contribution in [-0.4, -0.2) is 34.2 Å². The largest absolute Gasteiger partial charge is 0.363 e. The van der Waals surface area contributed by atoms with E-state index in [9.17, 15) is 9.90 Å². The summed E-state index contributed by atoms with van der Waals surface area (Å²) in [7, 11) is 0. The van der Waals surface area contributed by atoms with Crippen LogP contribution in [0.5, 0.6) is 0 Å². The molecule has 1 aliphatic heterocycles. The number of amides is 2. The third kappa shape index (κ3) is 5.17. The third-order valence-corrected chi connectivity index (χ3v) is 6.47. The molecule has 2 amide bonds. The number of thiophene rings is 1. The average molecular weight is 426 g/mol. The minimum Gasteiger partial charge on any atom is -0.363 e. The van der Waals surface area contributed by atoms with Gasteiger partial charge >= 0.3 is 6.03 Å². The Hall–Kier alpha value is -2.45. The smallest absolute Gasteiger partial charge is 0.339 e. The van der Waals surface area contributed by atoms with E-state index in [1.54, 1.807) is 11.3 Å². The predicted octanol–water partition coefficient (Wildman–Crippen LogP) is 4.39. The number of benzene rings is 2. The molecule has 0 aliphatic carbocycles. The van der Waals surface area contributed by atoms with E-state index in [1.807, 2.05) is 54.6 Å². The van der Waals surface area contributed by atoms with Gasteiger partial charge in [-0.15, -0.1) is 11.3 Å². The van der Waals surface area contributed by atoms with Crippen molar-refractivity contribution in [3.8, 4) is 0 Å². The lowest BCUT2D eigenvalue weighted by atomic mass is 10.1. The van der Waals surface area contributed by atoms with Crippen molar-refractivity contribution in [3.63, 3.8) is 0 Å². The molecule has 0 spiro atoms. The number of likely N-dealkylation sites (tertiary alicyclic amines) is 1. The number of aliphatic hydroxyl groups is 1. The Kier molecular flexibility index (Phi) is 6.64. The van der Waals surface area contributed by atoms with E-state index in [4.69, 9.17) is 10.6 Å². The van der Waals surface area contributed by atoms with Gasteiger partial charge in [0.1, 0.15) is 0 Å². The number of piperidine rings is 1. The highest BCUT2D eigenvalue weighted by Gasteiger charge is 2.19. The van der Waals surface area contributed by atoms with E-state index in [0.29, 0.717) is 5.56 Å². The second kappa shape index (κ2) is 9.57. The number of carbonyl (C=O) groups is 1. The zero-order chi connectivity index (χ0) is 20.9. The molecular weight excluding hydrogens is 398 g/mol. The highest BCUT2D eigenvalue weighted by molar-refractivity contribution is 7.19. The van der Waals surface area contributed by atoms with Gasteiger partial charge in [0.05, 0.1) is 6.54 Å². The first-order valence-corrected chi connectivity index (χ1v) is 11.1. The first-order chi connectivity index (χ1) is 14.6. The van der Waals surface area contributed by atoms with Gasteiger partial charge in [-0.2, -0.15) is 5.06 Å². The van der Waals surface area contributed by atoms with Crippen molar-refractivity contribution in [2.45, 2.75) is 38.6 Å². The second-order valence-corrected chi connectivity index (χ2v) is 8.83. The molecule has 7 heteroatoms. The van der Waals surface area contributed by atoms with Crippen LogP contribution in [-0.2, 0) is 17.9 Å². The molecule has 1 aromatic heterocycles. The summed E-state index contributed by atoms with van der Waals surface area (Å²) in [5.41, 5.74) is 7.27. The van der Waals surface area contributed by atoms with E-state index in [-0.39, 0.29) is 6.54 Å². The molecule has 1 aliphatic rings. The summed E-state index contributed by atoms with van der Waals surface area (Å²) in [4.78, 5) is 20.8. The number of fused-ring (bicyclic) bond motifs is 1. The first kappa shape index (κ1) is 20.8. The Balaban J connectivity index is 1.38. The van der Waals surface area contributed by atoms with Gasteiger partial charge in [-0.3, -0.25) is 4.90 Å². The molecule has 6 nitrogen and oxygen atoms in total. The van der Waals surface area contributed by atoms with Crippen LogP contribution in [0.25, 0.3) is 10.1 Å². The Labute approximate surface area is 180 Å². The highest BCUT2D eigenvalue weighted by atomic mass is 32.1. The lowest BCUT2D eigenvalue weighted by molar-refractivity contribution is -0.243. The van der Waals surface area contributed by atoms with Crippen LogP contribution in [0.2, 0.25) is 0 Å². The summed E-state index contributed by atoms with van der Waals surface area (Å²) in [5.74, 6) is 0. The van der Waals surface area contributed by atoms with Gasteiger partial charge in [-0.05, 0) is 49.0 Å². The van der Waals surface area contributed by atoms with Gasteiger partial charge in [0.25, 0.3) is 0 Å². The SMILES string of the molecule is NC(=O)N(Cc1cc2ccccc2s1)OC(O)c1ccc(CN2CCCCC2)cc1. The van der Waals surface area contributed by atoms with Crippen molar-refractivity contribution in [1.29, 1.82) is 0 Å². The van der Waals surface area contributed by atoms with E-state index in [0.717, 1.165) is 39.7 Å². The number of rotatable bonds is 7. The molecule has 3 aromatic rings. The zero-order valence-corrected chi connectivity index (χ0v) is 17.7. The number of nitrogens with two attached hydrogens (primary N) is 1. The van der Waals surface area contributed by atoms with Crippen molar-refractivity contribution in [2.75, 3.05) is 13.1 Å². The van der Waals surface area contributed by atoms with Crippen LogP contribution >= 0.6 is 11.3 Å². The van der Waals surface area contributed by atoms with Crippen LogP contribution in [0, 0.1) is 0 Å². The quantitative estimate of drug-likeness (QED) is 0.435. The van der Waals surface area contributed by atoms with E-state index >= 15 is 0 Å². The van der Waals surface area contributed by atoms with Crippen LogP contribution in [0.4, 0.5) is 4.79 Å². The molecule has 3 N–H and O–H groups in total. The minimum absolute atomic E-state index is 0.179. The van der Waals surface area contributed by atoms with Gasteiger partial charge in [0.2, 0.25) is 6.29 Å². The molecule has 4 rings (SSSR count). The molecule has 2 aromatic carbocycles. The zero-order valence-electron chi connectivity index (χ0n) is 16.9. The molecule has 0 radical (unpaired) electrons. The molecule has 1 atom stereocenters. The monoisotopic (exact) mass is 425 g/mol. The summed E-state index contributed by atoms with van der Waals surface area (Å²) in [6.07, 6.45) is 2.56. The predicted molar refractivity (Wildman–Crippen MR) is 119 cm³/mol. The molecular formula is C23H27N3O3S. The second-order valence-electron chi connectivity index (χ2n) is 7.66. The topological polar surface area (TPSA) is 79.0 Å². The van der Waals surface area contributed by atoms with Crippen molar-refractivity contribution < 1.29 is 14.7 Å². The third-order valence-electron chi connectivity index (χ3n) is 5.37. The lowest BCUT2D eigenvalue weighted by Gasteiger charge is -2.26. The normalized spacial score (nSPS) is 15.9. The fourth-order valence-corrected chi connectivity index (χ4v) is 4.81. The number of nitrogens with zero attached hydrogens (tertiary/aromatic N) is 2. The van der Waals surface area contributed by atoms with Crippen LogP contribution in [0.3, 0.4) is 0 Å². The summed E-state index contributed by atoms with van der Waals surface area (Å²) >= 11 is 1.57. The number of carbonyl (C=O) groups excluding carboxylic acids is 1. The fourth-order valence-electron chi connectivity index (χ4n) is 3.77. The number of aliphatic hydroxyl groups excluding tert-OH is 1. The maximum Gasteiger partial charge on any atom is 0.339 e. The van der Waals surface area contributed by atoms with E-state index < -0.39 is 12.3 Å². The highest BCUT2D eigenvalue weighted by Crippen LogP contribution is 2.27. The summed E-state index contributed by atoms with van der Waals surface area (Å²) in [5, 5.41) is 12.6. The Morgan fingerprint density at radius 1 is 1.13 bits per heavy atom. The standard InChI is InChI=1S/C23H27N3O3S/c24-23(28)26(16-20-14-19-6-2-3-7-21(19)30-20)29-22(27)18-10-8-17(9-11-18)15-25-12-4-1-5-13-25/h2-3,6-11,14,22,27H,1,4-5,12-13,15-16H2,(H2,24,28). The summed E-state index contributed by atoms with van der Waals surface area (Å²) < 4.78 is 1.13. The van der Waals surface area contributed by atoms with Crippen molar-refractivity contribution in [3.05, 3.63) is 70.6 Å². The van der Waals surface area contributed by atoms with Crippen molar-refractivity contribution in [2.24, 2.45) is 5.73 Å². The van der Waals surface area contributed by atoms with Crippen LogP contribution in [0.1, 0.15) is 41.6 Å². The van der Waals surface area contributed by atoms with Crippen molar-refractivity contribution >= 4 is 27.5 Å². The summed E-state index contributed by atoms with van der Waals surface area (Å²) in [6, 6.07) is 16.9. The van der Waals surface area contributed by atoms with Crippen LogP contribution in [0.15, 0.2) is 54.6 Å². The molecule has 0 saturated carbocycles. The molecule has 30 heavy (non-hydrogen) atoms. The molecule has 2 heterocycles. The molecule has 1 saturated heterocycles. The number of hydrogen-bond acceptors (Lipinski definition) is 5. The Bertz CT molecular complexity index is 950. The maximum atomic E-state index is 11.9. The van der Waals surface area contributed by atoms with Gasteiger partial charge < -0.3 is 10.8 Å². The summed E-state index contributed by atoms with van der Waals surface area (Å²) in [6.45, 7) is 3.37. The first-order valence-electron chi connectivity index (χ1n) is 10.3. The fraction of sp³-hybridized carbons (Fsp3) is 0.348. The van der Waals surface area contributed by atoms with Gasteiger partial charge in [0.15, 0.2) is 0 Å². The average Bonchev–Trinajstić information content (AvgIpc) is 3.17. The number of urea groups is 1. The molecule has 0 bridgehead atoms. The van der Waals surface area contributed by atoms with E-state index in [2.05, 4.69) is 4.90 Å². The molecule has 1 unspecified atom stereocenters. The molecule has 1 fully saturated rings. The van der Waals surface area contributed by atoms with Gasteiger partial charge in [-0.25, -0.2) is 9.63 Å². The van der Waals surface area contributed by atoms with E-state index in [1.165, 1.54) is 24.8 Å².